The first-order valence-corrected chi connectivity index (χ1v) is 8.87. The number of hydrogen-bond donors (Lipinski definition) is 1. The standard InChI is InChI=1S/C13H19BrN2O2S/c1-10-4-2-3-5-11(10)7-16-19(17,18)13-6-12(14)8-15-9-13/h6,8-11,16H,2-5,7H2,1H3. The molecule has 0 amide bonds. The van der Waals surface area contributed by atoms with Crippen LogP contribution in [-0.2, 0) is 10.0 Å². The SMILES string of the molecule is CC1CCCCC1CNS(=O)(=O)c1cncc(Br)c1. The molecule has 0 saturated heterocycles. The third-order valence-electron chi connectivity index (χ3n) is 3.81. The maximum Gasteiger partial charge on any atom is 0.242 e. The maximum absolute atomic E-state index is 12.2. The second-order valence-electron chi connectivity index (χ2n) is 5.21. The number of nitrogens with zero attached hydrogens (tertiary/aromatic N) is 1. The molecule has 106 valence electrons. The summed E-state index contributed by atoms with van der Waals surface area (Å²) >= 11 is 3.24. The Balaban J connectivity index is 2.01. The number of sulfonamides is 1. The van der Waals surface area contributed by atoms with E-state index in [0.717, 1.165) is 6.42 Å². The lowest BCUT2D eigenvalue weighted by Gasteiger charge is -2.28. The van der Waals surface area contributed by atoms with Gasteiger partial charge in [-0.15, -0.1) is 0 Å². The van der Waals surface area contributed by atoms with E-state index in [1.165, 1.54) is 25.5 Å². The molecule has 2 unspecified atom stereocenters. The minimum absolute atomic E-state index is 0.213. The Labute approximate surface area is 123 Å². The monoisotopic (exact) mass is 346 g/mol. The van der Waals surface area contributed by atoms with E-state index >= 15 is 0 Å². The van der Waals surface area contributed by atoms with Crippen molar-refractivity contribution in [1.29, 1.82) is 0 Å². The molecule has 1 aromatic heterocycles. The zero-order valence-corrected chi connectivity index (χ0v) is 13.4. The summed E-state index contributed by atoms with van der Waals surface area (Å²) in [5.74, 6) is 1.04. The molecule has 4 nitrogen and oxygen atoms in total. The predicted molar refractivity (Wildman–Crippen MR) is 78.2 cm³/mol. The molecule has 1 heterocycles. The normalized spacial score (nSPS) is 24.3. The topological polar surface area (TPSA) is 59.1 Å². The van der Waals surface area contributed by atoms with Gasteiger partial charge in [0, 0.05) is 23.4 Å². The molecule has 1 aromatic rings. The summed E-state index contributed by atoms with van der Waals surface area (Å²) in [7, 11) is -3.45. The van der Waals surface area contributed by atoms with Gasteiger partial charge < -0.3 is 0 Å². The van der Waals surface area contributed by atoms with Crippen LogP contribution in [0.15, 0.2) is 27.8 Å². The highest BCUT2D eigenvalue weighted by Crippen LogP contribution is 2.29. The molecule has 0 bridgehead atoms. The third kappa shape index (κ3) is 4.00. The van der Waals surface area contributed by atoms with Crippen molar-refractivity contribution in [1.82, 2.24) is 9.71 Å². The van der Waals surface area contributed by atoms with E-state index in [0.29, 0.717) is 22.9 Å². The van der Waals surface area contributed by atoms with E-state index in [2.05, 4.69) is 32.6 Å². The smallest absolute Gasteiger partial charge is 0.242 e. The highest BCUT2D eigenvalue weighted by atomic mass is 79.9. The molecule has 19 heavy (non-hydrogen) atoms. The van der Waals surface area contributed by atoms with E-state index in [1.807, 2.05) is 0 Å². The lowest BCUT2D eigenvalue weighted by molar-refractivity contribution is 0.257. The Hall–Kier alpha value is -0.460. The van der Waals surface area contributed by atoms with Crippen molar-refractivity contribution >= 4 is 26.0 Å². The highest BCUT2D eigenvalue weighted by molar-refractivity contribution is 9.10. The predicted octanol–water partition coefficient (Wildman–Crippen LogP) is 2.95. The van der Waals surface area contributed by atoms with Crippen LogP contribution in [0.5, 0.6) is 0 Å². The van der Waals surface area contributed by atoms with Gasteiger partial charge in [0.2, 0.25) is 10.0 Å². The van der Waals surface area contributed by atoms with Gasteiger partial charge in [0.05, 0.1) is 0 Å². The van der Waals surface area contributed by atoms with E-state index in [-0.39, 0.29) is 4.90 Å². The summed E-state index contributed by atoms with van der Waals surface area (Å²) in [5.41, 5.74) is 0. The molecule has 0 aromatic carbocycles. The van der Waals surface area contributed by atoms with Crippen LogP contribution in [0.3, 0.4) is 0 Å². The Kier molecular flexibility index (Phi) is 4.97. The molecule has 1 fully saturated rings. The molecule has 6 heteroatoms. The maximum atomic E-state index is 12.2. The van der Waals surface area contributed by atoms with Crippen LogP contribution >= 0.6 is 15.9 Å². The first kappa shape index (κ1) is 14.9. The molecule has 1 aliphatic carbocycles. The van der Waals surface area contributed by atoms with Gasteiger partial charge in [0.1, 0.15) is 4.90 Å². The van der Waals surface area contributed by atoms with Crippen LogP contribution in [0.25, 0.3) is 0 Å². The van der Waals surface area contributed by atoms with Gasteiger partial charge in [-0.3, -0.25) is 4.98 Å². The van der Waals surface area contributed by atoms with Gasteiger partial charge in [0.25, 0.3) is 0 Å². The number of hydrogen-bond acceptors (Lipinski definition) is 3. The van der Waals surface area contributed by atoms with Crippen molar-refractivity contribution in [3.05, 3.63) is 22.9 Å². The third-order valence-corrected chi connectivity index (χ3v) is 5.64. The minimum Gasteiger partial charge on any atom is -0.262 e. The van der Waals surface area contributed by atoms with Gasteiger partial charge in [-0.2, -0.15) is 0 Å². The Morgan fingerprint density at radius 1 is 1.37 bits per heavy atom. The molecule has 1 aliphatic rings. The molecule has 0 radical (unpaired) electrons. The summed E-state index contributed by atoms with van der Waals surface area (Å²) < 4.78 is 27.7. The molecule has 2 rings (SSSR count). The number of nitrogens with one attached hydrogen (secondary N) is 1. The van der Waals surface area contributed by atoms with E-state index in [4.69, 9.17) is 0 Å². The summed E-state index contributed by atoms with van der Waals surface area (Å²) in [5, 5.41) is 0. The number of aromatic nitrogens is 1. The lowest BCUT2D eigenvalue weighted by atomic mass is 9.81. The van der Waals surface area contributed by atoms with Gasteiger partial charge in [0.15, 0.2) is 0 Å². The molecule has 0 aliphatic heterocycles. The van der Waals surface area contributed by atoms with Crippen LogP contribution in [0.2, 0.25) is 0 Å². The van der Waals surface area contributed by atoms with E-state index in [9.17, 15) is 8.42 Å². The minimum atomic E-state index is -3.45. The summed E-state index contributed by atoms with van der Waals surface area (Å²) in [6.07, 6.45) is 7.72. The van der Waals surface area contributed by atoms with Crippen molar-refractivity contribution < 1.29 is 8.42 Å². The van der Waals surface area contributed by atoms with E-state index < -0.39 is 10.0 Å². The molecular weight excluding hydrogens is 328 g/mol. The van der Waals surface area contributed by atoms with Gasteiger partial charge in [-0.25, -0.2) is 13.1 Å². The first-order chi connectivity index (χ1) is 8.99. The first-order valence-electron chi connectivity index (χ1n) is 6.59. The summed E-state index contributed by atoms with van der Waals surface area (Å²) in [4.78, 5) is 4.11. The molecule has 1 N–H and O–H groups in total. The van der Waals surface area contributed by atoms with Crippen LogP contribution in [0.4, 0.5) is 0 Å². The molecule has 2 atom stereocenters. The molecule has 1 saturated carbocycles. The fraction of sp³-hybridized carbons (Fsp3) is 0.615. The quantitative estimate of drug-likeness (QED) is 0.911. The summed E-state index contributed by atoms with van der Waals surface area (Å²) in [6.45, 7) is 2.73. The fourth-order valence-corrected chi connectivity index (χ4v) is 4.13. The summed E-state index contributed by atoms with van der Waals surface area (Å²) in [6, 6.07) is 1.57. The van der Waals surface area contributed by atoms with Crippen molar-refractivity contribution in [2.24, 2.45) is 11.8 Å². The average Bonchev–Trinajstić information content (AvgIpc) is 2.38. The van der Waals surface area contributed by atoms with Crippen LogP contribution in [-0.4, -0.2) is 19.9 Å². The Morgan fingerprint density at radius 3 is 2.79 bits per heavy atom. The van der Waals surface area contributed by atoms with Gasteiger partial charge in [-0.1, -0.05) is 26.2 Å². The number of pyridine rings is 1. The van der Waals surface area contributed by atoms with Crippen molar-refractivity contribution in [3.8, 4) is 0 Å². The highest BCUT2D eigenvalue weighted by Gasteiger charge is 2.23. The van der Waals surface area contributed by atoms with Crippen LogP contribution < -0.4 is 4.72 Å². The van der Waals surface area contributed by atoms with Crippen LogP contribution in [0.1, 0.15) is 32.6 Å². The molecule has 0 spiro atoms. The van der Waals surface area contributed by atoms with Gasteiger partial charge in [-0.05, 0) is 40.3 Å². The fourth-order valence-electron chi connectivity index (χ4n) is 2.54. The van der Waals surface area contributed by atoms with Crippen molar-refractivity contribution in [2.75, 3.05) is 6.54 Å². The van der Waals surface area contributed by atoms with Crippen molar-refractivity contribution in [3.63, 3.8) is 0 Å². The lowest BCUT2D eigenvalue weighted by Crippen LogP contribution is -2.33. The average molecular weight is 347 g/mol. The zero-order chi connectivity index (χ0) is 13.9. The number of halogens is 1. The number of rotatable bonds is 4. The van der Waals surface area contributed by atoms with E-state index in [1.54, 1.807) is 12.3 Å². The second kappa shape index (κ2) is 6.33. The van der Waals surface area contributed by atoms with Gasteiger partial charge >= 0.3 is 0 Å². The largest absolute Gasteiger partial charge is 0.262 e. The Morgan fingerprint density at radius 2 is 2.11 bits per heavy atom. The second-order valence-corrected chi connectivity index (χ2v) is 7.90. The molecular formula is C13H19BrN2O2S. The van der Waals surface area contributed by atoms with Crippen LogP contribution in [0, 0.1) is 11.8 Å². The zero-order valence-electron chi connectivity index (χ0n) is 11.0. The Bertz CT molecular complexity index is 533. The van der Waals surface area contributed by atoms with Crippen molar-refractivity contribution in [2.45, 2.75) is 37.5 Å².